The highest BCUT2D eigenvalue weighted by atomic mass is 15.1. The minimum Gasteiger partial charge on any atom is -0.355 e. The number of fused-ring (bicyclic) bond motifs is 3. The van der Waals surface area contributed by atoms with Crippen molar-refractivity contribution in [1.82, 2.24) is 4.90 Å². The second-order valence-corrected chi connectivity index (χ2v) is 8.47. The molecule has 2 atom stereocenters. The number of rotatable bonds is 8. The number of aromatic nitrogens is 1. The summed E-state index contributed by atoms with van der Waals surface area (Å²) in [6, 6.07) is 15.8. The topological polar surface area (TPSA) is 7.12 Å². The monoisotopic (exact) mass is 387 g/mol. The average Bonchev–Trinajstić information content (AvgIpc) is 2.73. The van der Waals surface area contributed by atoms with Gasteiger partial charge >= 0.3 is 0 Å². The maximum absolute atomic E-state index is 4.40. The number of hydrogen-bond donors (Lipinski definition) is 0. The highest BCUT2D eigenvalue weighted by molar-refractivity contribution is 5.63. The van der Waals surface area contributed by atoms with Gasteiger partial charge in [0, 0.05) is 36.4 Å². The Morgan fingerprint density at radius 3 is 2.59 bits per heavy atom. The molecule has 0 fully saturated rings. The van der Waals surface area contributed by atoms with Gasteiger partial charge in [-0.3, -0.25) is 0 Å². The van der Waals surface area contributed by atoms with Crippen LogP contribution in [0.4, 0.5) is 0 Å². The van der Waals surface area contributed by atoms with Crippen molar-refractivity contribution in [1.29, 1.82) is 0 Å². The molecule has 0 spiro atoms. The predicted molar refractivity (Wildman–Crippen MR) is 123 cm³/mol. The van der Waals surface area contributed by atoms with Gasteiger partial charge in [-0.15, -0.1) is 0 Å². The maximum atomic E-state index is 4.40. The molecule has 2 heterocycles. The number of hydrogen-bond acceptors (Lipinski definition) is 1. The van der Waals surface area contributed by atoms with Gasteiger partial charge in [-0.2, -0.15) is 4.57 Å². The Morgan fingerprint density at radius 1 is 1.14 bits per heavy atom. The van der Waals surface area contributed by atoms with E-state index in [1.807, 2.05) is 6.92 Å². The van der Waals surface area contributed by atoms with Crippen LogP contribution in [0.2, 0.25) is 0 Å². The van der Waals surface area contributed by atoms with Gasteiger partial charge in [0.1, 0.15) is 0 Å². The molecule has 0 radical (unpaired) electrons. The van der Waals surface area contributed by atoms with E-state index in [9.17, 15) is 0 Å². The van der Waals surface area contributed by atoms with Crippen molar-refractivity contribution in [2.24, 2.45) is 5.92 Å². The molecule has 2 aromatic rings. The van der Waals surface area contributed by atoms with E-state index in [0.717, 1.165) is 25.0 Å². The standard InChI is InChI=1S/C27H35N2/c1-7-17-28(6)22(5)19-27-25(16-15-21(4)20(2)3)23-12-8-9-13-24(23)26-14-10-11-18-29(26)27/h7-14,17-18,20,25,27H,4-5,15-16,19H2,1-3,6H3/q+1/b17-7-. The minimum atomic E-state index is 0.348. The van der Waals surface area contributed by atoms with Gasteiger partial charge in [-0.25, -0.2) is 0 Å². The molecule has 0 N–H and O–H groups in total. The maximum Gasteiger partial charge on any atom is 0.213 e. The lowest BCUT2D eigenvalue weighted by molar-refractivity contribution is -0.718. The number of pyridine rings is 1. The number of benzene rings is 1. The molecule has 1 aromatic heterocycles. The summed E-state index contributed by atoms with van der Waals surface area (Å²) in [7, 11) is 2.09. The summed E-state index contributed by atoms with van der Waals surface area (Å²) in [5, 5.41) is 0. The predicted octanol–water partition coefficient (Wildman–Crippen LogP) is 6.64. The molecule has 152 valence electrons. The molecule has 0 saturated heterocycles. The smallest absolute Gasteiger partial charge is 0.213 e. The van der Waals surface area contributed by atoms with E-state index in [4.69, 9.17) is 0 Å². The molecule has 2 unspecified atom stereocenters. The largest absolute Gasteiger partial charge is 0.355 e. The van der Waals surface area contributed by atoms with Gasteiger partial charge < -0.3 is 4.90 Å². The second kappa shape index (κ2) is 9.26. The van der Waals surface area contributed by atoms with Gasteiger partial charge in [0.15, 0.2) is 12.2 Å². The molecular formula is C27H35N2+. The first-order valence-corrected chi connectivity index (χ1v) is 10.7. The molecule has 2 heteroatoms. The zero-order valence-electron chi connectivity index (χ0n) is 18.4. The van der Waals surface area contributed by atoms with E-state index >= 15 is 0 Å². The molecule has 0 bridgehead atoms. The van der Waals surface area contributed by atoms with Crippen LogP contribution in [0, 0.1) is 5.92 Å². The fourth-order valence-electron chi connectivity index (χ4n) is 4.36. The third kappa shape index (κ3) is 4.53. The van der Waals surface area contributed by atoms with Crippen LogP contribution in [-0.2, 0) is 0 Å². The zero-order chi connectivity index (χ0) is 21.0. The Kier molecular flexibility index (Phi) is 6.74. The van der Waals surface area contributed by atoms with Crippen molar-refractivity contribution in [3.63, 3.8) is 0 Å². The minimum absolute atomic E-state index is 0.348. The zero-order valence-corrected chi connectivity index (χ0v) is 18.4. The third-order valence-electron chi connectivity index (χ3n) is 6.26. The summed E-state index contributed by atoms with van der Waals surface area (Å²) < 4.78 is 2.47. The molecular weight excluding hydrogens is 352 g/mol. The van der Waals surface area contributed by atoms with E-state index in [0.29, 0.717) is 17.9 Å². The summed E-state index contributed by atoms with van der Waals surface area (Å²) in [4.78, 5) is 2.15. The van der Waals surface area contributed by atoms with E-state index in [1.54, 1.807) is 0 Å². The van der Waals surface area contributed by atoms with Gasteiger partial charge in [0.2, 0.25) is 5.69 Å². The van der Waals surface area contributed by atoms with Crippen molar-refractivity contribution in [2.45, 2.75) is 52.0 Å². The lowest BCUT2D eigenvalue weighted by Crippen LogP contribution is -2.47. The molecule has 29 heavy (non-hydrogen) atoms. The Balaban J connectivity index is 2.01. The second-order valence-electron chi connectivity index (χ2n) is 8.47. The van der Waals surface area contributed by atoms with Gasteiger partial charge in [0.25, 0.3) is 0 Å². The normalized spacial score (nSPS) is 17.8. The number of allylic oxidation sites excluding steroid dienone is 3. The molecule has 0 aliphatic carbocycles. The van der Waals surface area contributed by atoms with Crippen LogP contribution in [-0.4, -0.2) is 11.9 Å². The van der Waals surface area contributed by atoms with Crippen LogP contribution >= 0.6 is 0 Å². The fraction of sp³-hybridized carbons (Fsp3) is 0.370. The molecule has 0 amide bonds. The summed E-state index contributed by atoms with van der Waals surface area (Å²) in [5.41, 5.74) is 6.60. The van der Waals surface area contributed by atoms with Crippen LogP contribution in [0.5, 0.6) is 0 Å². The van der Waals surface area contributed by atoms with Crippen LogP contribution < -0.4 is 4.57 Å². The molecule has 2 nitrogen and oxygen atoms in total. The average molecular weight is 388 g/mol. The highest BCUT2D eigenvalue weighted by Crippen LogP contribution is 2.43. The number of nitrogens with zero attached hydrogens (tertiary/aromatic N) is 2. The Morgan fingerprint density at radius 2 is 1.86 bits per heavy atom. The summed E-state index contributed by atoms with van der Waals surface area (Å²) >= 11 is 0. The van der Waals surface area contributed by atoms with Crippen molar-refractivity contribution in [3.8, 4) is 11.3 Å². The molecule has 1 aliphatic rings. The van der Waals surface area contributed by atoms with Crippen LogP contribution in [0.3, 0.4) is 0 Å². The molecule has 3 rings (SSSR count). The first kappa shape index (κ1) is 21.1. The van der Waals surface area contributed by atoms with Gasteiger partial charge in [0.05, 0.1) is 6.42 Å². The quantitative estimate of drug-likeness (QED) is 0.364. The lowest BCUT2D eigenvalue weighted by Gasteiger charge is -2.32. The molecule has 0 saturated carbocycles. The first-order valence-electron chi connectivity index (χ1n) is 10.7. The highest BCUT2D eigenvalue weighted by Gasteiger charge is 2.39. The van der Waals surface area contributed by atoms with Crippen LogP contribution in [0.25, 0.3) is 11.3 Å². The van der Waals surface area contributed by atoms with Crippen LogP contribution in [0.1, 0.15) is 57.6 Å². The first-order chi connectivity index (χ1) is 13.9. The Labute approximate surface area is 176 Å². The van der Waals surface area contributed by atoms with Crippen molar-refractivity contribution in [3.05, 3.63) is 90.9 Å². The lowest BCUT2D eigenvalue weighted by atomic mass is 9.77. The Hall–Kier alpha value is -2.61. The molecule has 1 aliphatic heterocycles. The Bertz CT molecular complexity index is 906. The van der Waals surface area contributed by atoms with Gasteiger partial charge in [-0.05, 0) is 49.6 Å². The summed E-state index contributed by atoms with van der Waals surface area (Å²) in [6.45, 7) is 15.3. The van der Waals surface area contributed by atoms with E-state index in [-0.39, 0.29) is 0 Å². The molecule has 1 aromatic carbocycles. The van der Waals surface area contributed by atoms with Crippen LogP contribution in [0.15, 0.2) is 85.4 Å². The van der Waals surface area contributed by atoms with E-state index < -0.39 is 0 Å². The summed E-state index contributed by atoms with van der Waals surface area (Å²) in [5.74, 6) is 0.973. The van der Waals surface area contributed by atoms with Crippen molar-refractivity contribution >= 4 is 0 Å². The fourth-order valence-corrected chi connectivity index (χ4v) is 4.36. The van der Waals surface area contributed by atoms with Crippen molar-refractivity contribution in [2.75, 3.05) is 7.05 Å². The van der Waals surface area contributed by atoms with Gasteiger partial charge in [-0.1, -0.05) is 56.9 Å². The SMILES string of the molecule is C=C(CCC1c2ccccc2-c2cccc[n+]2C1CC(=C)N(C)/C=C\C)C(C)C. The van der Waals surface area contributed by atoms with E-state index in [2.05, 4.69) is 104 Å². The van der Waals surface area contributed by atoms with E-state index in [1.165, 1.54) is 22.4 Å². The summed E-state index contributed by atoms with van der Waals surface area (Å²) in [6.07, 6.45) is 9.49. The third-order valence-corrected chi connectivity index (χ3v) is 6.26. The van der Waals surface area contributed by atoms with Crippen molar-refractivity contribution < 1.29 is 4.57 Å².